The molecule has 9 heteroatoms. The van der Waals surface area contributed by atoms with E-state index in [-0.39, 0.29) is 27.7 Å². The lowest BCUT2D eigenvalue weighted by molar-refractivity contribution is -0.384. The summed E-state index contributed by atoms with van der Waals surface area (Å²) >= 11 is 5.96. The number of amides is 1. The van der Waals surface area contributed by atoms with Crippen LogP contribution >= 0.6 is 11.6 Å². The van der Waals surface area contributed by atoms with E-state index < -0.39 is 11.0 Å². The molecule has 0 spiro atoms. The lowest BCUT2D eigenvalue weighted by Gasteiger charge is -2.32. The van der Waals surface area contributed by atoms with Crippen LogP contribution in [0.25, 0.3) is 10.9 Å². The maximum Gasteiger partial charge on any atom is 0.288 e. The average molecular weight is 485 g/mol. The van der Waals surface area contributed by atoms with E-state index in [1.165, 1.54) is 18.2 Å². The molecule has 0 saturated carbocycles. The van der Waals surface area contributed by atoms with Crippen molar-refractivity contribution in [1.29, 1.82) is 0 Å². The molecule has 0 bridgehead atoms. The quantitative estimate of drug-likeness (QED) is 0.269. The number of unbranched alkanes of at least 4 members (excludes halogenated alkanes) is 1. The van der Waals surface area contributed by atoms with Gasteiger partial charge in [0.05, 0.1) is 21.9 Å². The van der Waals surface area contributed by atoms with Gasteiger partial charge in [0.15, 0.2) is 0 Å². The molecule has 1 amide bonds. The second-order valence-corrected chi connectivity index (χ2v) is 8.55. The minimum absolute atomic E-state index is 0.0262. The van der Waals surface area contributed by atoms with Crippen LogP contribution in [0.5, 0.6) is 0 Å². The molecular formula is C25H29ClN4O4. The Morgan fingerprint density at radius 3 is 2.56 bits per heavy atom. The van der Waals surface area contributed by atoms with E-state index in [2.05, 4.69) is 0 Å². The first-order valence-corrected chi connectivity index (χ1v) is 12.0. The number of nitro groups is 1. The van der Waals surface area contributed by atoms with Crippen molar-refractivity contribution in [2.24, 2.45) is 0 Å². The number of nitro benzene ring substituents is 1. The number of fused-ring (bicyclic) bond motifs is 1. The van der Waals surface area contributed by atoms with E-state index in [4.69, 9.17) is 16.6 Å². The van der Waals surface area contributed by atoms with E-state index in [0.717, 1.165) is 19.3 Å². The Kier molecular flexibility index (Phi) is 8.39. The molecule has 1 heterocycles. The Bertz CT molecular complexity index is 1260. The largest absolute Gasteiger partial charge is 0.328 e. The third-order valence-corrected chi connectivity index (χ3v) is 6.12. The summed E-state index contributed by atoms with van der Waals surface area (Å²) in [6.45, 7) is 6.86. The van der Waals surface area contributed by atoms with Gasteiger partial charge in [-0.2, -0.15) is 0 Å². The summed E-state index contributed by atoms with van der Waals surface area (Å²) in [4.78, 5) is 44.3. The highest BCUT2D eigenvalue weighted by molar-refractivity contribution is 6.32. The molecule has 1 atom stereocenters. The molecule has 0 N–H and O–H groups in total. The molecule has 1 aromatic heterocycles. The van der Waals surface area contributed by atoms with E-state index in [0.29, 0.717) is 36.2 Å². The molecule has 34 heavy (non-hydrogen) atoms. The van der Waals surface area contributed by atoms with E-state index >= 15 is 0 Å². The molecular weight excluding hydrogens is 456 g/mol. The van der Waals surface area contributed by atoms with Crippen LogP contribution in [0.2, 0.25) is 5.02 Å². The Hall–Kier alpha value is -3.26. The number of hydrogen-bond acceptors (Lipinski definition) is 5. The molecule has 8 nitrogen and oxygen atoms in total. The predicted molar refractivity (Wildman–Crippen MR) is 133 cm³/mol. The number of benzene rings is 2. The molecule has 2 aromatic carbocycles. The molecule has 0 aliphatic rings. The summed E-state index contributed by atoms with van der Waals surface area (Å²) in [5, 5.41) is 11.9. The Labute approximate surface area is 203 Å². The fraction of sp³-hybridized carbons (Fsp3) is 0.400. The number of para-hydroxylation sites is 1. The molecule has 0 fully saturated rings. The zero-order chi connectivity index (χ0) is 24.8. The van der Waals surface area contributed by atoms with Crippen LogP contribution in [-0.2, 0) is 6.54 Å². The highest BCUT2D eigenvalue weighted by Gasteiger charge is 2.30. The zero-order valence-corrected chi connectivity index (χ0v) is 20.4. The van der Waals surface area contributed by atoms with Crippen LogP contribution in [0, 0.1) is 10.1 Å². The number of carbonyl (C=O) groups excluding carboxylic acids is 1. The zero-order valence-electron chi connectivity index (χ0n) is 19.7. The van der Waals surface area contributed by atoms with E-state index in [1.54, 1.807) is 21.6 Å². The first-order valence-electron chi connectivity index (χ1n) is 11.6. The topological polar surface area (TPSA) is 98.3 Å². The normalized spacial score (nSPS) is 12.0. The van der Waals surface area contributed by atoms with Gasteiger partial charge in [0, 0.05) is 24.7 Å². The van der Waals surface area contributed by atoms with Gasteiger partial charge in [-0.25, -0.2) is 4.98 Å². The Balaban J connectivity index is 2.17. The van der Waals surface area contributed by atoms with Gasteiger partial charge in [0.1, 0.15) is 10.8 Å². The van der Waals surface area contributed by atoms with Crippen LogP contribution in [0.1, 0.15) is 68.7 Å². The fourth-order valence-corrected chi connectivity index (χ4v) is 4.29. The van der Waals surface area contributed by atoms with Crippen LogP contribution in [0.3, 0.4) is 0 Å². The number of carbonyl (C=O) groups is 1. The van der Waals surface area contributed by atoms with Gasteiger partial charge in [-0.05, 0) is 43.5 Å². The van der Waals surface area contributed by atoms with Crippen molar-refractivity contribution in [1.82, 2.24) is 14.5 Å². The van der Waals surface area contributed by atoms with Crippen LogP contribution in [-0.4, -0.2) is 31.8 Å². The summed E-state index contributed by atoms with van der Waals surface area (Å²) in [5.74, 6) is 0.173. The Morgan fingerprint density at radius 2 is 1.91 bits per heavy atom. The molecule has 0 aliphatic heterocycles. The van der Waals surface area contributed by atoms with Crippen molar-refractivity contribution >= 4 is 34.1 Å². The van der Waals surface area contributed by atoms with Crippen molar-refractivity contribution < 1.29 is 9.72 Å². The third-order valence-electron chi connectivity index (χ3n) is 5.80. The second kappa shape index (κ2) is 11.2. The maximum atomic E-state index is 13.7. The highest BCUT2D eigenvalue weighted by Crippen LogP contribution is 2.30. The van der Waals surface area contributed by atoms with Gasteiger partial charge in [0.25, 0.3) is 17.2 Å². The van der Waals surface area contributed by atoms with Crippen molar-refractivity contribution in [2.45, 2.75) is 59.0 Å². The first kappa shape index (κ1) is 25.4. The SMILES string of the molecule is CCCCN(C(=O)c1ccc(Cl)c([N+](=O)[O-])c1)C(CC)c1nc2ccccc2c(=O)n1CCC. The fourth-order valence-electron chi connectivity index (χ4n) is 4.10. The van der Waals surface area contributed by atoms with Crippen LogP contribution < -0.4 is 5.56 Å². The number of aromatic nitrogens is 2. The smallest absolute Gasteiger partial charge is 0.288 e. The summed E-state index contributed by atoms with van der Waals surface area (Å²) in [5.41, 5.74) is 0.308. The lowest BCUT2D eigenvalue weighted by atomic mass is 10.1. The van der Waals surface area contributed by atoms with Gasteiger partial charge in [0.2, 0.25) is 0 Å². The van der Waals surface area contributed by atoms with Gasteiger partial charge in [-0.3, -0.25) is 24.3 Å². The van der Waals surface area contributed by atoms with Crippen LogP contribution in [0.15, 0.2) is 47.3 Å². The molecule has 0 aliphatic carbocycles. The number of halogens is 1. The minimum Gasteiger partial charge on any atom is -0.328 e. The third kappa shape index (κ3) is 5.12. The lowest BCUT2D eigenvalue weighted by Crippen LogP contribution is -2.39. The molecule has 0 radical (unpaired) electrons. The average Bonchev–Trinajstić information content (AvgIpc) is 2.83. The number of hydrogen-bond donors (Lipinski definition) is 0. The molecule has 0 saturated heterocycles. The van der Waals surface area contributed by atoms with E-state index in [9.17, 15) is 19.7 Å². The monoisotopic (exact) mass is 484 g/mol. The van der Waals surface area contributed by atoms with Crippen molar-refractivity contribution in [3.63, 3.8) is 0 Å². The van der Waals surface area contributed by atoms with Crippen molar-refractivity contribution in [3.05, 3.63) is 79.3 Å². The minimum atomic E-state index is -0.601. The maximum absolute atomic E-state index is 13.7. The Morgan fingerprint density at radius 1 is 1.18 bits per heavy atom. The first-order chi connectivity index (χ1) is 16.3. The molecule has 1 unspecified atom stereocenters. The summed E-state index contributed by atoms with van der Waals surface area (Å²) in [6.07, 6.45) is 2.85. The number of nitrogens with zero attached hydrogens (tertiary/aromatic N) is 4. The van der Waals surface area contributed by atoms with Crippen molar-refractivity contribution in [2.75, 3.05) is 6.54 Å². The van der Waals surface area contributed by atoms with Crippen molar-refractivity contribution in [3.8, 4) is 0 Å². The van der Waals surface area contributed by atoms with E-state index in [1.807, 2.05) is 32.9 Å². The van der Waals surface area contributed by atoms with Gasteiger partial charge < -0.3 is 4.90 Å². The molecule has 180 valence electrons. The highest BCUT2D eigenvalue weighted by atomic mass is 35.5. The number of rotatable bonds is 10. The molecule has 3 aromatic rings. The summed E-state index contributed by atoms with van der Waals surface area (Å²) in [7, 11) is 0. The molecule has 3 rings (SSSR count). The van der Waals surface area contributed by atoms with Gasteiger partial charge in [-0.15, -0.1) is 0 Å². The van der Waals surface area contributed by atoms with Gasteiger partial charge in [-0.1, -0.05) is 50.9 Å². The summed E-state index contributed by atoms with van der Waals surface area (Å²) < 4.78 is 1.66. The predicted octanol–water partition coefficient (Wildman–Crippen LogP) is 5.76. The second-order valence-electron chi connectivity index (χ2n) is 8.14. The van der Waals surface area contributed by atoms with Crippen LogP contribution in [0.4, 0.5) is 5.69 Å². The summed E-state index contributed by atoms with van der Waals surface area (Å²) in [6, 6.07) is 10.8. The standard InChI is InChI=1S/C25H29ClN4O4/c1-4-7-15-28(24(31)17-12-13-19(26)22(16-17)30(33)34)21(6-3)23-27-20-11-9-8-10-18(20)25(32)29(23)14-5-2/h8-13,16,21H,4-7,14-15H2,1-3H3. The van der Waals surface area contributed by atoms with Gasteiger partial charge >= 0.3 is 0 Å².